The monoisotopic (exact) mass is 278 g/mol. The molecule has 20 heavy (non-hydrogen) atoms. The van der Waals surface area contributed by atoms with Crippen LogP contribution in [0.1, 0.15) is 16.2 Å². The highest BCUT2D eigenvalue weighted by atomic mass is 16.6. The number of nitrogens with zero attached hydrogens (tertiary/aromatic N) is 4. The molecule has 10 heteroatoms. The van der Waals surface area contributed by atoms with Gasteiger partial charge in [-0.05, 0) is 0 Å². The molecule has 10 nitrogen and oxygen atoms in total. The molecule has 0 aliphatic heterocycles. The molecule has 2 rings (SSSR count). The molecule has 0 saturated heterocycles. The quantitative estimate of drug-likeness (QED) is 0.580. The maximum Gasteiger partial charge on any atom is 0.286 e. The van der Waals surface area contributed by atoms with E-state index in [0.29, 0.717) is 5.82 Å². The van der Waals surface area contributed by atoms with Crippen molar-refractivity contribution in [2.45, 2.75) is 6.54 Å². The van der Waals surface area contributed by atoms with Gasteiger partial charge in [0.15, 0.2) is 0 Å². The molecule has 0 atom stereocenters. The molecule has 0 aliphatic rings. The minimum absolute atomic E-state index is 0.0982. The minimum atomic E-state index is -0.691. The van der Waals surface area contributed by atoms with Crippen molar-refractivity contribution in [3.63, 3.8) is 0 Å². The number of aromatic nitrogens is 4. The molecule has 0 radical (unpaired) electrons. The molecule has 2 N–H and O–H groups in total. The molecule has 104 valence electrons. The third kappa shape index (κ3) is 2.68. The van der Waals surface area contributed by atoms with Crippen LogP contribution < -0.4 is 5.56 Å². The number of carbonyl (C=O) groups excluding carboxylic acids is 1. The van der Waals surface area contributed by atoms with Crippen LogP contribution in [-0.2, 0) is 6.54 Å². The van der Waals surface area contributed by atoms with Gasteiger partial charge >= 0.3 is 0 Å². The van der Waals surface area contributed by atoms with E-state index in [1.54, 1.807) is 0 Å². The second-order valence-corrected chi connectivity index (χ2v) is 3.95. The largest absolute Gasteiger partial charge is 0.334 e. The first kappa shape index (κ1) is 13.4. The fourth-order valence-electron chi connectivity index (χ4n) is 1.55. The molecular weight excluding hydrogens is 268 g/mol. The Morgan fingerprint density at radius 1 is 1.55 bits per heavy atom. The molecular formula is C10H10N6O4. The van der Waals surface area contributed by atoms with Gasteiger partial charge in [-0.15, -0.1) is 0 Å². The van der Waals surface area contributed by atoms with Gasteiger partial charge in [0, 0.05) is 13.1 Å². The van der Waals surface area contributed by atoms with Crippen molar-refractivity contribution in [2.75, 3.05) is 7.05 Å². The van der Waals surface area contributed by atoms with Gasteiger partial charge in [-0.25, -0.2) is 4.98 Å². The molecule has 2 aromatic heterocycles. The lowest BCUT2D eigenvalue weighted by Gasteiger charge is -2.14. The number of hydrogen-bond donors (Lipinski definition) is 2. The lowest BCUT2D eigenvalue weighted by Crippen LogP contribution is -2.31. The highest BCUT2D eigenvalue weighted by Gasteiger charge is 2.20. The molecule has 2 heterocycles. The Morgan fingerprint density at radius 2 is 2.30 bits per heavy atom. The molecule has 1 amide bonds. The first-order valence-electron chi connectivity index (χ1n) is 5.46. The van der Waals surface area contributed by atoms with Gasteiger partial charge in [0.05, 0.1) is 17.7 Å². The summed E-state index contributed by atoms with van der Waals surface area (Å²) >= 11 is 0. The number of nitrogens with one attached hydrogen (secondary N) is 2. The van der Waals surface area contributed by atoms with Gasteiger partial charge < -0.3 is 9.88 Å². The minimum Gasteiger partial charge on any atom is -0.334 e. The van der Waals surface area contributed by atoms with Crippen molar-refractivity contribution in [1.29, 1.82) is 0 Å². The average molecular weight is 278 g/mol. The van der Waals surface area contributed by atoms with Gasteiger partial charge in [-0.2, -0.15) is 5.10 Å². The summed E-state index contributed by atoms with van der Waals surface area (Å²) in [6, 6.07) is 0.943. The van der Waals surface area contributed by atoms with Crippen LogP contribution >= 0.6 is 0 Å². The van der Waals surface area contributed by atoms with Gasteiger partial charge in [-0.1, -0.05) is 0 Å². The van der Waals surface area contributed by atoms with Crippen LogP contribution in [0.25, 0.3) is 0 Å². The summed E-state index contributed by atoms with van der Waals surface area (Å²) in [5, 5.41) is 16.8. The lowest BCUT2D eigenvalue weighted by atomic mass is 10.2. The van der Waals surface area contributed by atoms with E-state index in [2.05, 4.69) is 20.2 Å². The summed E-state index contributed by atoms with van der Waals surface area (Å²) in [5.41, 5.74) is -1.35. The molecule has 0 aromatic carbocycles. The topological polar surface area (TPSA) is 138 Å². The number of pyridine rings is 1. The van der Waals surface area contributed by atoms with Crippen LogP contribution in [0.3, 0.4) is 0 Å². The van der Waals surface area contributed by atoms with Crippen LogP contribution in [0.15, 0.2) is 23.4 Å². The Labute approximate surface area is 111 Å². The normalized spacial score (nSPS) is 10.2. The van der Waals surface area contributed by atoms with Crippen molar-refractivity contribution >= 4 is 11.6 Å². The molecule has 0 bridgehead atoms. The van der Waals surface area contributed by atoms with Crippen molar-refractivity contribution in [3.05, 3.63) is 50.4 Å². The predicted molar refractivity (Wildman–Crippen MR) is 65.9 cm³/mol. The Bertz CT molecular complexity index is 692. The number of rotatable bonds is 4. The van der Waals surface area contributed by atoms with E-state index in [0.717, 1.165) is 12.3 Å². The molecule has 0 spiro atoms. The molecule has 0 unspecified atom stereocenters. The fraction of sp³-hybridized carbons (Fsp3) is 0.200. The fourth-order valence-corrected chi connectivity index (χ4v) is 1.55. The number of H-pyrrole nitrogens is 2. The zero-order valence-corrected chi connectivity index (χ0v) is 10.4. The number of amides is 1. The van der Waals surface area contributed by atoms with Crippen LogP contribution in [0.4, 0.5) is 5.69 Å². The van der Waals surface area contributed by atoms with E-state index < -0.39 is 16.4 Å². The first-order valence-corrected chi connectivity index (χ1v) is 5.46. The van der Waals surface area contributed by atoms with E-state index in [9.17, 15) is 19.7 Å². The summed E-state index contributed by atoms with van der Waals surface area (Å²) in [4.78, 5) is 40.8. The standard InChI is InChI=1S/C10H10N6O4/c1-15(4-8-12-5-13-14-8)10(18)7-2-6(16(19)20)3-11-9(7)17/h2-3,5H,4H2,1H3,(H,11,17)(H,12,13,14). The van der Waals surface area contributed by atoms with E-state index in [1.807, 2.05) is 0 Å². The van der Waals surface area contributed by atoms with E-state index in [-0.39, 0.29) is 17.8 Å². The second-order valence-electron chi connectivity index (χ2n) is 3.95. The number of nitro groups is 1. The SMILES string of the molecule is CN(Cc1ncn[nH]1)C(=O)c1cc([N+](=O)[O-])c[nH]c1=O. The third-order valence-electron chi connectivity index (χ3n) is 2.53. The second kappa shape index (κ2) is 5.30. The van der Waals surface area contributed by atoms with Crippen LogP contribution in [0, 0.1) is 10.1 Å². The van der Waals surface area contributed by atoms with Crippen molar-refractivity contribution in [3.8, 4) is 0 Å². The predicted octanol–water partition coefficient (Wildman–Crippen LogP) is -0.327. The van der Waals surface area contributed by atoms with Crippen molar-refractivity contribution in [1.82, 2.24) is 25.1 Å². The highest BCUT2D eigenvalue weighted by molar-refractivity contribution is 5.94. The number of hydrogen-bond acceptors (Lipinski definition) is 6. The zero-order chi connectivity index (χ0) is 14.7. The Morgan fingerprint density at radius 3 is 2.90 bits per heavy atom. The van der Waals surface area contributed by atoms with Crippen LogP contribution in [0.5, 0.6) is 0 Å². The van der Waals surface area contributed by atoms with Gasteiger partial charge in [-0.3, -0.25) is 24.8 Å². The van der Waals surface area contributed by atoms with E-state index in [1.165, 1.54) is 18.3 Å². The smallest absolute Gasteiger partial charge is 0.286 e. The lowest BCUT2D eigenvalue weighted by molar-refractivity contribution is -0.385. The van der Waals surface area contributed by atoms with E-state index >= 15 is 0 Å². The summed E-state index contributed by atoms with van der Waals surface area (Å²) in [7, 11) is 1.45. The van der Waals surface area contributed by atoms with Crippen molar-refractivity contribution < 1.29 is 9.72 Å². The van der Waals surface area contributed by atoms with Crippen LogP contribution in [0.2, 0.25) is 0 Å². The average Bonchev–Trinajstić information content (AvgIpc) is 2.91. The molecule has 0 fully saturated rings. The third-order valence-corrected chi connectivity index (χ3v) is 2.53. The molecule has 0 saturated carbocycles. The number of carbonyl (C=O) groups is 1. The summed E-state index contributed by atoms with van der Waals surface area (Å²) < 4.78 is 0. The molecule has 2 aromatic rings. The Kier molecular flexibility index (Phi) is 3.55. The Hall–Kier alpha value is -3.04. The van der Waals surface area contributed by atoms with Gasteiger partial charge in [0.1, 0.15) is 17.7 Å². The zero-order valence-electron chi connectivity index (χ0n) is 10.4. The first-order chi connectivity index (χ1) is 9.49. The van der Waals surface area contributed by atoms with Crippen LogP contribution in [-0.4, -0.2) is 42.9 Å². The summed E-state index contributed by atoms with van der Waals surface area (Å²) in [5.74, 6) is -0.214. The highest BCUT2D eigenvalue weighted by Crippen LogP contribution is 2.10. The maximum absolute atomic E-state index is 12.1. The van der Waals surface area contributed by atoms with E-state index in [4.69, 9.17) is 0 Å². The summed E-state index contributed by atoms with van der Waals surface area (Å²) in [6.45, 7) is 0.0982. The van der Waals surface area contributed by atoms with Gasteiger partial charge in [0.2, 0.25) is 0 Å². The van der Waals surface area contributed by atoms with Crippen molar-refractivity contribution in [2.24, 2.45) is 0 Å². The summed E-state index contributed by atoms with van der Waals surface area (Å²) in [6.07, 6.45) is 2.23. The number of aromatic amines is 2. The van der Waals surface area contributed by atoms with Gasteiger partial charge in [0.25, 0.3) is 17.2 Å². The molecule has 0 aliphatic carbocycles. The maximum atomic E-state index is 12.1. The Balaban J connectivity index is 2.26.